The van der Waals surface area contributed by atoms with Gasteiger partial charge in [0.1, 0.15) is 0 Å². The van der Waals surface area contributed by atoms with Gasteiger partial charge in [0.05, 0.1) is 6.54 Å². The van der Waals surface area contributed by atoms with E-state index in [0.717, 1.165) is 16.5 Å². The van der Waals surface area contributed by atoms with Gasteiger partial charge in [-0.25, -0.2) is 0 Å². The SMILES string of the molecule is NC(=O)c1cccc(NCC(=O)Nc2ccc3ccccc3c2)c1. The largest absolute Gasteiger partial charge is 0.376 e. The lowest BCUT2D eigenvalue weighted by molar-refractivity contribution is -0.114. The third-order valence-corrected chi connectivity index (χ3v) is 3.63. The monoisotopic (exact) mass is 319 g/mol. The van der Waals surface area contributed by atoms with Gasteiger partial charge in [0.15, 0.2) is 0 Å². The lowest BCUT2D eigenvalue weighted by atomic mass is 10.1. The van der Waals surface area contributed by atoms with Gasteiger partial charge >= 0.3 is 0 Å². The number of rotatable bonds is 5. The van der Waals surface area contributed by atoms with Crippen molar-refractivity contribution in [2.45, 2.75) is 0 Å². The highest BCUT2D eigenvalue weighted by atomic mass is 16.2. The smallest absolute Gasteiger partial charge is 0.248 e. The number of nitrogens with two attached hydrogens (primary N) is 1. The minimum Gasteiger partial charge on any atom is -0.376 e. The van der Waals surface area contributed by atoms with Gasteiger partial charge in [-0.05, 0) is 41.1 Å². The average Bonchev–Trinajstić information content (AvgIpc) is 2.60. The van der Waals surface area contributed by atoms with Crippen LogP contribution >= 0.6 is 0 Å². The molecular weight excluding hydrogens is 302 g/mol. The van der Waals surface area contributed by atoms with Crippen LogP contribution in [0.3, 0.4) is 0 Å². The summed E-state index contributed by atoms with van der Waals surface area (Å²) < 4.78 is 0. The summed E-state index contributed by atoms with van der Waals surface area (Å²) in [6.07, 6.45) is 0. The van der Waals surface area contributed by atoms with Gasteiger partial charge in [-0.1, -0.05) is 36.4 Å². The molecule has 0 radical (unpaired) electrons. The van der Waals surface area contributed by atoms with E-state index in [1.54, 1.807) is 24.3 Å². The maximum Gasteiger partial charge on any atom is 0.248 e. The molecule has 0 aliphatic heterocycles. The molecule has 0 spiro atoms. The molecule has 0 fully saturated rings. The number of amides is 2. The molecule has 0 bridgehead atoms. The van der Waals surface area contributed by atoms with Crippen molar-refractivity contribution in [1.29, 1.82) is 0 Å². The Morgan fingerprint density at radius 1 is 0.833 bits per heavy atom. The van der Waals surface area contributed by atoms with Gasteiger partial charge in [-0.15, -0.1) is 0 Å². The Bertz CT molecular complexity index is 906. The summed E-state index contributed by atoms with van der Waals surface area (Å²) in [4.78, 5) is 23.2. The van der Waals surface area contributed by atoms with Crippen molar-refractivity contribution in [3.05, 3.63) is 72.3 Å². The van der Waals surface area contributed by atoms with Crippen molar-refractivity contribution in [2.75, 3.05) is 17.2 Å². The average molecular weight is 319 g/mol. The maximum atomic E-state index is 12.1. The van der Waals surface area contributed by atoms with Crippen LogP contribution < -0.4 is 16.4 Å². The number of benzene rings is 3. The summed E-state index contributed by atoms with van der Waals surface area (Å²) in [5.41, 5.74) is 7.05. The minimum absolute atomic E-state index is 0.0923. The number of anilines is 2. The van der Waals surface area contributed by atoms with E-state index in [0.29, 0.717) is 11.3 Å². The predicted molar refractivity (Wildman–Crippen MR) is 96.0 cm³/mol. The van der Waals surface area contributed by atoms with Gasteiger partial charge < -0.3 is 16.4 Å². The lowest BCUT2D eigenvalue weighted by Crippen LogP contribution is -2.22. The summed E-state index contributed by atoms with van der Waals surface area (Å²) in [5.74, 6) is -0.672. The van der Waals surface area contributed by atoms with Crippen molar-refractivity contribution < 1.29 is 9.59 Å². The topological polar surface area (TPSA) is 84.2 Å². The first-order valence-electron chi connectivity index (χ1n) is 7.54. The van der Waals surface area contributed by atoms with Crippen molar-refractivity contribution in [3.63, 3.8) is 0 Å². The standard InChI is InChI=1S/C19H17N3O2/c20-19(24)15-6-3-7-16(11-15)21-12-18(23)22-17-9-8-13-4-1-2-5-14(13)10-17/h1-11,21H,12H2,(H2,20,24)(H,22,23). The highest BCUT2D eigenvalue weighted by molar-refractivity contribution is 5.97. The Labute approximate surface area is 139 Å². The van der Waals surface area contributed by atoms with Crippen LogP contribution in [0.4, 0.5) is 11.4 Å². The molecule has 3 aromatic carbocycles. The molecule has 0 unspecified atom stereocenters. The van der Waals surface area contributed by atoms with E-state index >= 15 is 0 Å². The third-order valence-electron chi connectivity index (χ3n) is 3.63. The van der Waals surface area contributed by atoms with E-state index < -0.39 is 5.91 Å². The molecule has 2 amide bonds. The first-order chi connectivity index (χ1) is 11.6. The highest BCUT2D eigenvalue weighted by Gasteiger charge is 2.05. The molecule has 4 N–H and O–H groups in total. The lowest BCUT2D eigenvalue weighted by Gasteiger charge is -2.09. The maximum absolute atomic E-state index is 12.1. The van der Waals surface area contributed by atoms with E-state index in [9.17, 15) is 9.59 Å². The van der Waals surface area contributed by atoms with Crippen LogP contribution in [0, 0.1) is 0 Å². The fourth-order valence-corrected chi connectivity index (χ4v) is 2.44. The second-order valence-corrected chi connectivity index (χ2v) is 5.41. The first-order valence-corrected chi connectivity index (χ1v) is 7.54. The number of nitrogens with one attached hydrogen (secondary N) is 2. The summed E-state index contributed by atoms with van der Waals surface area (Å²) in [7, 11) is 0. The molecule has 0 heterocycles. The number of fused-ring (bicyclic) bond motifs is 1. The molecule has 5 nitrogen and oxygen atoms in total. The van der Waals surface area contributed by atoms with Gasteiger partial charge in [-0.3, -0.25) is 9.59 Å². The highest BCUT2D eigenvalue weighted by Crippen LogP contribution is 2.18. The third kappa shape index (κ3) is 3.70. The van der Waals surface area contributed by atoms with Crippen molar-refractivity contribution in [2.24, 2.45) is 5.73 Å². The Hall–Kier alpha value is -3.34. The number of hydrogen-bond acceptors (Lipinski definition) is 3. The van der Waals surface area contributed by atoms with Gasteiger partial charge in [-0.2, -0.15) is 0 Å². The van der Waals surface area contributed by atoms with Crippen LogP contribution in [0.2, 0.25) is 0 Å². The summed E-state index contributed by atoms with van der Waals surface area (Å²) in [6.45, 7) is 0.0923. The molecule has 24 heavy (non-hydrogen) atoms. The zero-order valence-electron chi connectivity index (χ0n) is 13.0. The van der Waals surface area contributed by atoms with E-state index in [4.69, 9.17) is 5.73 Å². The molecule has 0 saturated heterocycles. The fourth-order valence-electron chi connectivity index (χ4n) is 2.44. The van der Waals surface area contributed by atoms with Crippen LogP contribution in [0.15, 0.2) is 66.7 Å². The molecule has 3 rings (SSSR count). The molecule has 0 aliphatic carbocycles. The molecule has 0 aromatic heterocycles. The molecule has 0 aliphatic rings. The number of hydrogen-bond donors (Lipinski definition) is 3. The minimum atomic E-state index is -0.501. The second kappa shape index (κ2) is 6.83. The summed E-state index contributed by atoms with van der Waals surface area (Å²) in [5, 5.41) is 8.02. The molecule has 120 valence electrons. The molecule has 0 atom stereocenters. The van der Waals surface area contributed by atoms with Gasteiger partial charge in [0.25, 0.3) is 0 Å². The number of primary amides is 1. The number of carbonyl (C=O) groups is 2. The van der Waals surface area contributed by atoms with Crippen molar-refractivity contribution in [1.82, 2.24) is 0 Å². The van der Waals surface area contributed by atoms with E-state index in [2.05, 4.69) is 10.6 Å². The molecular formula is C19H17N3O2. The predicted octanol–water partition coefficient (Wildman–Crippen LogP) is 2.99. The Balaban J connectivity index is 1.62. The normalized spacial score (nSPS) is 10.3. The van der Waals surface area contributed by atoms with E-state index in [-0.39, 0.29) is 12.5 Å². The summed E-state index contributed by atoms with van der Waals surface area (Å²) >= 11 is 0. The van der Waals surface area contributed by atoms with E-state index in [1.807, 2.05) is 42.5 Å². The molecule has 3 aromatic rings. The Morgan fingerprint density at radius 3 is 2.42 bits per heavy atom. The first kappa shape index (κ1) is 15.6. The van der Waals surface area contributed by atoms with Crippen molar-refractivity contribution >= 4 is 34.0 Å². The van der Waals surface area contributed by atoms with Gasteiger partial charge in [0, 0.05) is 16.9 Å². The second-order valence-electron chi connectivity index (χ2n) is 5.41. The van der Waals surface area contributed by atoms with Crippen molar-refractivity contribution in [3.8, 4) is 0 Å². The zero-order chi connectivity index (χ0) is 16.9. The Kier molecular flexibility index (Phi) is 4.43. The quantitative estimate of drug-likeness (QED) is 0.676. The van der Waals surface area contributed by atoms with Crippen LogP contribution in [0.1, 0.15) is 10.4 Å². The summed E-state index contributed by atoms with van der Waals surface area (Å²) in [6, 6.07) is 20.5. The molecule has 0 saturated carbocycles. The Morgan fingerprint density at radius 2 is 1.62 bits per heavy atom. The van der Waals surface area contributed by atoms with Crippen LogP contribution in [0.5, 0.6) is 0 Å². The fraction of sp³-hybridized carbons (Fsp3) is 0.0526. The van der Waals surface area contributed by atoms with Gasteiger partial charge in [0.2, 0.25) is 11.8 Å². The van der Waals surface area contributed by atoms with E-state index in [1.165, 1.54) is 0 Å². The van der Waals surface area contributed by atoms with Crippen LogP contribution in [0.25, 0.3) is 10.8 Å². The molecule has 5 heteroatoms. The van der Waals surface area contributed by atoms with Crippen LogP contribution in [-0.4, -0.2) is 18.4 Å². The van der Waals surface area contributed by atoms with Crippen LogP contribution in [-0.2, 0) is 4.79 Å². The number of carbonyl (C=O) groups excluding carboxylic acids is 2. The zero-order valence-corrected chi connectivity index (χ0v) is 13.0.